The van der Waals surface area contributed by atoms with Crippen molar-refractivity contribution < 1.29 is 9.13 Å². The van der Waals surface area contributed by atoms with Crippen LogP contribution in [0, 0.1) is 5.82 Å². The minimum atomic E-state index is -0.232. The molecule has 0 aliphatic rings. The second-order valence-electron chi connectivity index (χ2n) is 5.89. The minimum Gasteiger partial charge on any atom is -0.489 e. The number of benzene rings is 2. The second kappa shape index (κ2) is 8.99. The summed E-state index contributed by atoms with van der Waals surface area (Å²) in [6.07, 6.45) is 6.66. The van der Waals surface area contributed by atoms with Gasteiger partial charge in [0, 0.05) is 25.5 Å². The van der Waals surface area contributed by atoms with Gasteiger partial charge in [-0.3, -0.25) is 0 Å². The van der Waals surface area contributed by atoms with Crippen LogP contribution in [-0.4, -0.2) is 16.1 Å². The average Bonchev–Trinajstić information content (AvgIpc) is 3.15. The van der Waals surface area contributed by atoms with Crippen LogP contribution < -0.4 is 10.1 Å². The number of nitrogens with one attached hydrogen (secondary N) is 1. The van der Waals surface area contributed by atoms with E-state index in [9.17, 15) is 4.39 Å². The summed E-state index contributed by atoms with van der Waals surface area (Å²) in [5, 5.41) is 3.44. The Kier molecular flexibility index (Phi) is 6.17. The predicted octanol–water partition coefficient (Wildman–Crippen LogP) is 3.78. The van der Waals surface area contributed by atoms with E-state index in [2.05, 4.69) is 20.9 Å². The minimum absolute atomic E-state index is 0.232. The fraction of sp³-hybridized carbons (Fsp3) is 0.250. The van der Waals surface area contributed by atoms with Gasteiger partial charge in [0.2, 0.25) is 0 Å². The van der Waals surface area contributed by atoms with Crippen molar-refractivity contribution in [2.45, 2.75) is 26.1 Å². The Labute approximate surface area is 147 Å². The number of hydrogen-bond donors (Lipinski definition) is 1. The van der Waals surface area contributed by atoms with Gasteiger partial charge in [-0.05, 0) is 48.4 Å². The Hall–Kier alpha value is -2.66. The van der Waals surface area contributed by atoms with Gasteiger partial charge < -0.3 is 14.6 Å². The van der Waals surface area contributed by atoms with E-state index in [1.54, 1.807) is 18.3 Å². The first-order chi connectivity index (χ1) is 12.3. The Morgan fingerprint density at radius 3 is 2.76 bits per heavy atom. The lowest BCUT2D eigenvalue weighted by Gasteiger charge is -2.09. The summed E-state index contributed by atoms with van der Waals surface area (Å²) in [5.41, 5.74) is 2.13. The molecule has 0 bridgehead atoms. The van der Waals surface area contributed by atoms with Crippen LogP contribution >= 0.6 is 0 Å². The van der Waals surface area contributed by atoms with Crippen LogP contribution in [0.5, 0.6) is 5.75 Å². The molecular formula is C20H22FN3O. The Morgan fingerprint density at radius 1 is 1.08 bits per heavy atom. The Morgan fingerprint density at radius 2 is 1.96 bits per heavy atom. The van der Waals surface area contributed by atoms with E-state index in [1.165, 1.54) is 17.7 Å². The standard InChI is InChI=1S/C20H22FN3O/c21-19-7-5-17(6-8-19)15-25-20-4-1-3-18(13-20)14-22-9-2-11-24-12-10-23-16-24/h1,3-8,10,12-13,16,22H,2,9,11,14-15H2. The molecule has 3 aromatic rings. The Bertz CT molecular complexity index is 757. The topological polar surface area (TPSA) is 39.1 Å². The van der Waals surface area contributed by atoms with Crippen LogP contribution in [0.3, 0.4) is 0 Å². The highest BCUT2D eigenvalue weighted by atomic mass is 19.1. The molecule has 2 aromatic carbocycles. The molecule has 0 amide bonds. The zero-order chi connectivity index (χ0) is 17.3. The number of ether oxygens (including phenoxy) is 1. The molecule has 1 aromatic heterocycles. The van der Waals surface area contributed by atoms with Crippen LogP contribution in [0.4, 0.5) is 4.39 Å². The molecule has 0 aliphatic carbocycles. The number of rotatable bonds is 9. The van der Waals surface area contributed by atoms with E-state index < -0.39 is 0 Å². The van der Waals surface area contributed by atoms with Gasteiger partial charge in [0.05, 0.1) is 6.33 Å². The van der Waals surface area contributed by atoms with Crippen molar-refractivity contribution in [3.63, 3.8) is 0 Å². The normalized spacial score (nSPS) is 10.8. The van der Waals surface area contributed by atoms with Gasteiger partial charge in [0.15, 0.2) is 0 Å². The second-order valence-corrected chi connectivity index (χ2v) is 5.89. The summed E-state index contributed by atoms with van der Waals surface area (Å²) < 4.78 is 20.8. The molecule has 25 heavy (non-hydrogen) atoms. The van der Waals surface area contributed by atoms with Gasteiger partial charge in [-0.1, -0.05) is 24.3 Å². The zero-order valence-corrected chi connectivity index (χ0v) is 14.1. The van der Waals surface area contributed by atoms with Crippen molar-refractivity contribution in [3.8, 4) is 5.75 Å². The lowest BCUT2D eigenvalue weighted by atomic mass is 10.2. The molecule has 1 heterocycles. The van der Waals surface area contributed by atoms with Crippen molar-refractivity contribution in [1.82, 2.24) is 14.9 Å². The number of hydrogen-bond acceptors (Lipinski definition) is 3. The molecule has 130 valence electrons. The molecule has 0 saturated carbocycles. The largest absolute Gasteiger partial charge is 0.489 e. The number of aryl methyl sites for hydroxylation is 1. The summed E-state index contributed by atoms with van der Waals surface area (Å²) in [6.45, 7) is 3.15. The van der Waals surface area contributed by atoms with Crippen LogP contribution in [0.15, 0.2) is 67.3 Å². The number of imidazole rings is 1. The quantitative estimate of drug-likeness (QED) is 0.603. The molecule has 0 unspecified atom stereocenters. The molecule has 4 nitrogen and oxygen atoms in total. The van der Waals surface area contributed by atoms with Gasteiger partial charge in [-0.25, -0.2) is 9.37 Å². The molecule has 1 N–H and O–H groups in total. The van der Waals surface area contributed by atoms with Gasteiger partial charge in [-0.15, -0.1) is 0 Å². The molecule has 5 heteroatoms. The first-order valence-electron chi connectivity index (χ1n) is 8.42. The molecule has 0 spiro atoms. The smallest absolute Gasteiger partial charge is 0.123 e. The van der Waals surface area contributed by atoms with E-state index in [1.807, 2.05) is 30.7 Å². The zero-order valence-electron chi connectivity index (χ0n) is 14.1. The fourth-order valence-corrected chi connectivity index (χ4v) is 2.53. The first-order valence-corrected chi connectivity index (χ1v) is 8.42. The van der Waals surface area contributed by atoms with Crippen molar-refractivity contribution in [2.24, 2.45) is 0 Å². The monoisotopic (exact) mass is 339 g/mol. The molecule has 0 fully saturated rings. The summed E-state index contributed by atoms with van der Waals surface area (Å²) in [4.78, 5) is 4.03. The van der Waals surface area contributed by atoms with E-state index in [0.717, 1.165) is 37.4 Å². The van der Waals surface area contributed by atoms with Crippen molar-refractivity contribution >= 4 is 0 Å². The van der Waals surface area contributed by atoms with Crippen LogP contribution in [-0.2, 0) is 19.7 Å². The maximum Gasteiger partial charge on any atom is 0.123 e. The van der Waals surface area contributed by atoms with Crippen LogP contribution in [0.2, 0.25) is 0 Å². The molecule has 0 radical (unpaired) electrons. The lowest BCUT2D eigenvalue weighted by molar-refractivity contribution is 0.305. The van der Waals surface area contributed by atoms with Crippen LogP contribution in [0.1, 0.15) is 17.5 Å². The summed E-state index contributed by atoms with van der Waals surface area (Å²) >= 11 is 0. The summed E-state index contributed by atoms with van der Waals surface area (Å²) in [5.74, 6) is 0.590. The average molecular weight is 339 g/mol. The molecule has 0 saturated heterocycles. The highest BCUT2D eigenvalue weighted by Crippen LogP contribution is 2.15. The van der Waals surface area contributed by atoms with Crippen LogP contribution in [0.25, 0.3) is 0 Å². The SMILES string of the molecule is Fc1ccc(COc2cccc(CNCCCn3ccnc3)c2)cc1. The third-order valence-corrected chi connectivity index (χ3v) is 3.88. The highest BCUT2D eigenvalue weighted by Gasteiger charge is 1.99. The summed E-state index contributed by atoms with van der Waals surface area (Å²) in [7, 11) is 0. The van der Waals surface area contributed by atoms with E-state index in [0.29, 0.717) is 6.61 Å². The van der Waals surface area contributed by atoms with E-state index in [-0.39, 0.29) is 5.82 Å². The highest BCUT2D eigenvalue weighted by molar-refractivity contribution is 5.29. The van der Waals surface area contributed by atoms with Gasteiger partial charge in [-0.2, -0.15) is 0 Å². The lowest BCUT2D eigenvalue weighted by Crippen LogP contribution is -2.16. The third kappa shape index (κ3) is 5.72. The van der Waals surface area contributed by atoms with Crippen molar-refractivity contribution in [1.29, 1.82) is 0 Å². The summed E-state index contributed by atoms with van der Waals surface area (Å²) in [6, 6.07) is 14.4. The van der Waals surface area contributed by atoms with Gasteiger partial charge in [0.1, 0.15) is 18.2 Å². The molecule has 0 atom stereocenters. The van der Waals surface area contributed by atoms with Gasteiger partial charge in [0.25, 0.3) is 0 Å². The van der Waals surface area contributed by atoms with Gasteiger partial charge >= 0.3 is 0 Å². The maximum absolute atomic E-state index is 12.9. The van der Waals surface area contributed by atoms with Crippen molar-refractivity contribution in [2.75, 3.05) is 6.54 Å². The molecular weight excluding hydrogens is 317 g/mol. The number of nitrogens with zero attached hydrogens (tertiary/aromatic N) is 2. The Balaban J connectivity index is 1.40. The maximum atomic E-state index is 12.9. The third-order valence-electron chi connectivity index (χ3n) is 3.88. The fourth-order valence-electron chi connectivity index (χ4n) is 2.53. The number of aromatic nitrogens is 2. The van der Waals surface area contributed by atoms with Crippen molar-refractivity contribution in [3.05, 3.63) is 84.2 Å². The van der Waals surface area contributed by atoms with E-state index >= 15 is 0 Å². The molecule has 0 aliphatic heterocycles. The molecule has 3 rings (SSSR count). The van der Waals surface area contributed by atoms with E-state index in [4.69, 9.17) is 4.74 Å². The first kappa shape index (κ1) is 17.2. The predicted molar refractivity (Wildman–Crippen MR) is 95.7 cm³/mol. The number of halogens is 1.